The molecule has 2 aromatic rings. The standard InChI is InChI=1S/C15H13Cl/c16-15-10-13-8-4-7-12(13)9-14(15)11-5-2-1-3-6-11/h1-3,5-6,9-10H,4,7-8H2. The van der Waals surface area contributed by atoms with Crippen molar-refractivity contribution in [3.8, 4) is 11.1 Å². The summed E-state index contributed by atoms with van der Waals surface area (Å²) >= 11 is 6.34. The van der Waals surface area contributed by atoms with Crippen LogP contribution in [0.2, 0.25) is 5.02 Å². The summed E-state index contributed by atoms with van der Waals surface area (Å²) in [6.45, 7) is 0. The zero-order valence-electron chi connectivity index (χ0n) is 9.04. The minimum Gasteiger partial charge on any atom is -0.0837 e. The van der Waals surface area contributed by atoms with Gasteiger partial charge in [-0.3, -0.25) is 0 Å². The maximum atomic E-state index is 6.34. The summed E-state index contributed by atoms with van der Waals surface area (Å²) in [6.07, 6.45) is 3.65. The van der Waals surface area contributed by atoms with Crippen LogP contribution in [-0.2, 0) is 12.8 Å². The molecule has 1 aliphatic rings. The van der Waals surface area contributed by atoms with Crippen molar-refractivity contribution in [3.05, 3.63) is 58.6 Å². The lowest BCUT2D eigenvalue weighted by Crippen LogP contribution is -1.86. The molecule has 0 radical (unpaired) electrons. The highest BCUT2D eigenvalue weighted by molar-refractivity contribution is 6.33. The van der Waals surface area contributed by atoms with Crippen molar-refractivity contribution in [3.63, 3.8) is 0 Å². The molecular weight excluding hydrogens is 216 g/mol. The number of hydrogen-bond donors (Lipinski definition) is 0. The quantitative estimate of drug-likeness (QED) is 0.675. The van der Waals surface area contributed by atoms with E-state index in [-0.39, 0.29) is 0 Å². The summed E-state index contributed by atoms with van der Waals surface area (Å²) in [4.78, 5) is 0. The van der Waals surface area contributed by atoms with Gasteiger partial charge < -0.3 is 0 Å². The Kier molecular flexibility index (Phi) is 2.45. The van der Waals surface area contributed by atoms with Gasteiger partial charge in [0.05, 0.1) is 0 Å². The minimum absolute atomic E-state index is 0.881. The molecule has 0 nitrogen and oxygen atoms in total. The Bertz CT molecular complexity index is 514. The molecule has 80 valence electrons. The Morgan fingerprint density at radius 1 is 0.875 bits per heavy atom. The smallest absolute Gasteiger partial charge is 0.0487 e. The van der Waals surface area contributed by atoms with Gasteiger partial charge in [-0.25, -0.2) is 0 Å². The topological polar surface area (TPSA) is 0 Å². The van der Waals surface area contributed by atoms with Gasteiger partial charge in [-0.15, -0.1) is 0 Å². The first-order valence-corrected chi connectivity index (χ1v) is 6.09. The lowest BCUT2D eigenvalue weighted by molar-refractivity contribution is 0.912. The molecular formula is C15H13Cl. The Morgan fingerprint density at radius 3 is 2.31 bits per heavy atom. The van der Waals surface area contributed by atoms with Crippen molar-refractivity contribution in [1.29, 1.82) is 0 Å². The average Bonchev–Trinajstić information content (AvgIpc) is 2.76. The number of halogens is 1. The van der Waals surface area contributed by atoms with E-state index >= 15 is 0 Å². The normalized spacial score (nSPS) is 13.8. The van der Waals surface area contributed by atoms with Crippen LogP contribution in [0.15, 0.2) is 42.5 Å². The molecule has 1 heteroatoms. The van der Waals surface area contributed by atoms with E-state index in [1.165, 1.54) is 41.5 Å². The summed E-state index contributed by atoms with van der Waals surface area (Å²) < 4.78 is 0. The zero-order chi connectivity index (χ0) is 11.0. The van der Waals surface area contributed by atoms with E-state index in [0.29, 0.717) is 0 Å². The molecule has 0 aliphatic heterocycles. The van der Waals surface area contributed by atoms with Crippen molar-refractivity contribution in [2.45, 2.75) is 19.3 Å². The molecule has 0 fully saturated rings. The minimum atomic E-state index is 0.881. The van der Waals surface area contributed by atoms with Gasteiger partial charge in [-0.1, -0.05) is 41.9 Å². The van der Waals surface area contributed by atoms with E-state index in [2.05, 4.69) is 36.4 Å². The highest BCUT2D eigenvalue weighted by Crippen LogP contribution is 2.34. The summed E-state index contributed by atoms with van der Waals surface area (Å²) in [5.41, 5.74) is 5.29. The molecule has 16 heavy (non-hydrogen) atoms. The summed E-state index contributed by atoms with van der Waals surface area (Å²) in [5.74, 6) is 0. The molecule has 3 rings (SSSR count). The van der Waals surface area contributed by atoms with E-state index in [4.69, 9.17) is 11.6 Å². The van der Waals surface area contributed by atoms with Crippen LogP contribution < -0.4 is 0 Å². The third kappa shape index (κ3) is 1.64. The molecule has 0 unspecified atom stereocenters. The molecule has 0 aromatic heterocycles. The molecule has 0 heterocycles. The molecule has 0 saturated heterocycles. The SMILES string of the molecule is Clc1cc2c(cc1-c1ccccc1)CCC2. The predicted octanol–water partition coefficient (Wildman–Crippen LogP) is 4.50. The number of rotatable bonds is 1. The molecule has 1 aliphatic carbocycles. The van der Waals surface area contributed by atoms with Crippen LogP contribution in [0.5, 0.6) is 0 Å². The van der Waals surface area contributed by atoms with Crippen LogP contribution in [0.25, 0.3) is 11.1 Å². The Morgan fingerprint density at radius 2 is 1.56 bits per heavy atom. The Hall–Kier alpha value is -1.27. The van der Waals surface area contributed by atoms with Gasteiger partial charge in [0.1, 0.15) is 0 Å². The fourth-order valence-electron chi connectivity index (χ4n) is 2.43. The summed E-state index contributed by atoms with van der Waals surface area (Å²) in [7, 11) is 0. The number of benzene rings is 2. The van der Waals surface area contributed by atoms with Crippen LogP contribution >= 0.6 is 11.6 Å². The average molecular weight is 229 g/mol. The van der Waals surface area contributed by atoms with Crippen molar-refractivity contribution in [2.75, 3.05) is 0 Å². The molecule has 0 N–H and O–H groups in total. The van der Waals surface area contributed by atoms with Gasteiger partial charge in [0.25, 0.3) is 0 Å². The molecule has 0 bridgehead atoms. The highest BCUT2D eigenvalue weighted by Gasteiger charge is 2.14. The van der Waals surface area contributed by atoms with Crippen molar-refractivity contribution >= 4 is 11.6 Å². The second-order valence-electron chi connectivity index (χ2n) is 4.32. The maximum Gasteiger partial charge on any atom is 0.0487 e. The van der Waals surface area contributed by atoms with Gasteiger partial charge in [0.2, 0.25) is 0 Å². The molecule has 0 amide bonds. The van der Waals surface area contributed by atoms with Crippen molar-refractivity contribution in [2.24, 2.45) is 0 Å². The summed E-state index contributed by atoms with van der Waals surface area (Å²) in [5, 5.41) is 0.881. The highest BCUT2D eigenvalue weighted by atomic mass is 35.5. The fraction of sp³-hybridized carbons (Fsp3) is 0.200. The lowest BCUT2D eigenvalue weighted by Gasteiger charge is -2.08. The Labute approximate surface area is 101 Å². The van der Waals surface area contributed by atoms with Crippen LogP contribution in [0, 0.1) is 0 Å². The fourth-order valence-corrected chi connectivity index (χ4v) is 2.73. The van der Waals surface area contributed by atoms with Crippen LogP contribution in [0.3, 0.4) is 0 Å². The van der Waals surface area contributed by atoms with Gasteiger partial charge in [-0.05, 0) is 48.1 Å². The van der Waals surface area contributed by atoms with Gasteiger partial charge in [0, 0.05) is 10.6 Å². The maximum absolute atomic E-state index is 6.34. The molecule has 0 spiro atoms. The van der Waals surface area contributed by atoms with Crippen molar-refractivity contribution < 1.29 is 0 Å². The number of aryl methyl sites for hydroxylation is 2. The van der Waals surface area contributed by atoms with Crippen LogP contribution in [-0.4, -0.2) is 0 Å². The van der Waals surface area contributed by atoms with Gasteiger partial charge in [0.15, 0.2) is 0 Å². The molecule has 0 saturated carbocycles. The first-order valence-electron chi connectivity index (χ1n) is 5.71. The number of fused-ring (bicyclic) bond motifs is 1. The Balaban J connectivity index is 2.15. The van der Waals surface area contributed by atoms with E-state index in [1.807, 2.05) is 6.07 Å². The van der Waals surface area contributed by atoms with Crippen molar-refractivity contribution in [1.82, 2.24) is 0 Å². The lowest BCUT2D eigenvalue weighted by atomic mass is 10.0. The van der Waals surface area contributed by atoms with E-state index < -0.39 is 0 Å². The van der Waals surface area contributed by atoms with Gasteiger partial charge >= 0.3 is 0 Å². The second-order valence-corrected chi connectivity index (χ2v) is 4.73. The van der Waals surface area contributed by atoms with E-state index in [9.17, 15) is 0 Å². The van der Waals surface area contributed by atoms with E-state index in [0.717, 1.165) is 5.02 Å². The second kappa shape index (κ2) is 3.95. The first-order chi connectivity index (χ1) is 7.84. The third-order valence-electron chi connectivity index (χ3n) is 3.27. The largest absolute Gasteiger partial charge is 0.0837 e. The van der Waals surface area contributed by atoms with Crippen LogP contribution in [0.4, 0.5) is 0 Å². The van der Waals surface area contributed by atoms with Gasteiger partial charge in [-0.2, -0.15) is 0 Å². The molecule has 2 aromatic carbocycles. The predicted molar refractivity (Wildman–Crippen MR) is 68.9 cm³/mol. The first kappa shape index (κ1) is 9.92. The number of hydrogen-bond acceptors (Lipinski definition) is 0. The third-order valence-corrected chi connectivity index (χ3v) is 3.58. The van der Waals surface area contributed by atoms with Crippen LogP contribution in [0.1, 0.15) is 17.5 Å². The zero-order valence-corrected chi connectivity index (χ0v) is 9.80. The summed E-state index contributed by atoms with van der Waals surface area (Å²) in [6, 6.07) is 14.8. The monoisotopic (exact) mass is 228 g/mol. The van der Waals surface area contributed by atoms with E-state index in [1.54, 1.807) is 0 Å². The molecule has 0 atom stereocenters.